The van der Waals surface area contributed by atoms with Crippen molar-refractivity contribution in [2.45, 2.75) is 0 Å². The van der Waals surface area contributed by atoms with Crippen molar-refractivity contribution in [3.8, 4) is 0 Å². The third-order valence-corrected chi connectivity index (χ3v) is 3.62. The number of aromatic amines is 1. The van der Waals surface area contributed by atoms with Crippen molar-refractivity contribution in [1.29, 1.82) is 0 Å². The Kier molecular flexibility index (Phi) is 2.64. The average molecular weight is 314 g/mol. The van der Waals surface area contributed by atoms with Crippen molar-refractivity contribution in [3.05, 3.63) is 64.2 Å². The van der Waals surface area contributed by atoms with Crippen molar-refractivity contribution in [2.75, 3.05) is 0 Å². The minimum atomic E-state index is -0.283. The number of fused-ring (bicyclic) bond motifs is 3. The van der Waals surface area contributed by atoms with Gasteiger partial charge in [-0.05, 0) is 29.1 Å². The van der Waals surface area contributed by atoms with E-state index in [4.69, 9.17) is 11.6 Å². The first-order valence-electron chi connectivity index (χ1n) is 6.40. The molecule has 0 saturated heterocycles. The summed E-state index contributed by atoms with van der Waals surface area (Å²) in [5.41, 5.74) is 1.63. The first kappa shape index (κ1) is 12.8. The molecule has 4 rings (SSSR count). The van der Waals surface area contributed by atoms with Crippen molar-refractivity contribution in [2.24, 2.45) is 0 Å². The summed E-state index contributed by atoms with van der Waals surface area (Å²) in [6, 6.07) is 8.13. The van der Waals surface area contributed by atoms with Gasteiger partial charge in [0.15, 0.2) is 0 Å². The largest absolute Gasteiger partial charge is 0.594 e. The van der Waals surface area contributed by atoms with E-state index < -0.39 is 0 Å². The van der Waals surface area contributed by atoms with E-state index in [0.29, 0.717) is 26.6 Å². The number of hydrogen-bond donors (Lipinski definition) is 1. The minimum Gasteiger partial charge on any atom is -0.594 e. The molecule has 8 heteroatoms. The number of H-pyrrole nitrogens is 1. The van der Waals surface area contributed by atoms with Crippen LogP contribution in [0, 0.1) is 5.21 Å². The van der Waals surface area contributed by atoms with Crippen LogP contribution in [0.15, 0.2) is 42.7 Å². The Morgan fingerprint density at radius 2 is 2.23 bits per heavy atom. The van der Waals surface area contributed by atoms with Gasteiger partial charge in [-0.15, -0.1) is 0 Å². The van der Waals surface area contributed by atoms with Crippen LogP contribution in [0.2, 0.25) is 5.02 Å². The molecule has 0 aliphatic carbocycles. The molecule has 0 bridgehead atoms. The van der Waals surface area contributed by atoms with Crippen LogP contribution in [0.3, 0.4) is 0 Å². The molecule has 0 spiro atoms. The lowest BCUT2D eigenvalue weighted by molar-refractivity contribution is -0.640. The zero-order chi connectivity index (χ0) is 15.3. The Hall–Kier alpha value is -2.93. The molecule has 1 aromatic carbocycles. The quantitative estimate of drug-likeness (QED) is 0.347. The standard InChI is InChI=1S/C14H8ClN5O2/c15-8-3-4-11-12(6-8)19-14(18-20(11)22)9(7-17-19)13(21)10-2-1-5-16-10/h1-7,16H. The van der Waals surface area contributed by atoms with Gasteiger partial charge >= 0.3 is 0 Å². The number of hydrogen-bond acceptors (Lipinski definition) is 4. The molecule has 3 heterocycles. The molecular weight excluding hydrogens is 306 g/mol. The fraction of sp³-hybridized carbons (Fsp3) is 0. The van der Waals surface area contributed by atoms with Gasteiger partial charge in [0, 0.05) is 22.4 Å². The van der Waals surface area contributed by atoms with E-state index in [1.165, 1.54) is 10.7 Å². The Morgan fingerprint density at radius 3 is 3.00 bits per heavy atom. The lowest BCUT2D eigenvalue weighted by Gasteiger charge is -2.02. The second-order valence-electron chi connectivity index (χ2n) is 4.71. The van der Waals surface area contributed by atoms with Gasteiger partial charge in [-0.2, -0.15) is 5.10 Å². The van der Waals surface area contributed by atoms with Gasteiger partial charge in [0.25, 0.3) is 5.52 Å². The highest BCUT2D eigenvalue weighted by Gasteiger charge is 2.21. The van der Waals surface area contributed by atoms with Crippen LogP contribution in [0.1, 0.15) is 16.1 Å². The van der Waals surface area contributed by atoms with Crippen LogP contribution >= 0.6 is 11.6 Å². The molecular formula is C14H8ClN5O2. The minimum absolute atomic E-state index is 0.185. The molecule has 4 aromatic rings. The van der Waals surface area contributed by atoms with E-state index in [9.17, 15) is 10.0 Å². The normalized spacial score (nSPS) is 11.3. The van der Waals surface area contributed by atoms with E-state index in [0.717, 1.165) is 0 Å². The summed E-state index contributed by atoms with van der Waals surface area (Å²) in [4.78, 5) is 15.7. The first-order valence-corrected chi connectivity index (χ1v) is 6.78. The number of halogens is 1. The third-order valence-electron chi connectivity index (χ3n) is 3.39. The Morgan fingerprint density at radius 1 is 1.36 bits per heavy atom. The summed E-state index contributed by atoms with van der Waals surface area (Å²) in [6.45, 7) is 0. The molecule has 0 amide bonds. The molecule has 0 aliphatic rings. The van der Waals surface area contributed by atoms with E-state index in [1.54, 1.807) is 36.5 Å². The van der Waals surface area contributed by atoms with Crippen molar-refractivity contribution in [1.82, 2.24) is 19.7 Å². The molecule has 7 nitrogen and oxygen atoms in total. The predicted molar refractivity (Wildman–Crippen MR) is 78.7 cm³/mol. The maximum absolute atomic E-state index is 12.4. The first-order chi connectivity index (χ1) is 10.6. The average Bonchev–Trinajstić information content (AvgIpc) is 3.16. The highest BCUT2D eigenvalue weighted by Crippen LogP contribution is 2.19. The van der Waals surface area contributed by atoms with Crippen molar-refractivity contribution < 1.29 is 9.64 Å². The Balaban J connectivity index is 2.03. The van der Waals surface area contributed by atoms with Gasteiger partial charge in [-0.25, -0.2) is 4.52 Å². The molecule has 0 atom stereocenters. The van der Waals surface area contributed by atoms with Crippen LogP contribution in [-0.4, -0.2) is 25.5 Å². The number of carbonyl (C=O) groups excluding carboxylic acids is 1. The van der Waals surface area contributed by atoms with E-state index in [-0.39, 0.29) is 17.0 Å². The van der Waals surface area contributed by atoms with Crippen LogP contribution in [0.25, 0.3) is 16.7 Å². The van der Waals surface area contributed by atoms with Gasteiger partial charge in [-0.1, -0.05) is 11.6 Å². The van der Waals surface area contributed by atoms with Gasteiger partial charge in [0.1, 0.15) is 5.52 Å². The van der Waals surface area contributed by atoms with Crippen molar-refractivity contribution >= 4 is 34.1 Å². The molecule has 22 heavy (non-hydrogen) atoms. The van der Waals surface area contributed by atoms with E-state index >= 15 is 0 Å². The smallest absolute Gasteiger partial charge is 0.270 e. The summed E-state index contributed by atoms with van der Waals surface area (Å²) in [5, 5.41) is 20.6. The number of aromatic nitrogens is 5. The number of benzene rings is 1. The second kappa shape index (κ2) is 4.54. The third kappa shape index (κ3) is 1.76. The molecule has 0 aliphatic heterocycles. The Labute approximate surface area is 128 Å². The Bertz CT molecular complexity index is 1020. The highest BCUT2D eigenvalue weighted by atomic mass is 35.5. The maximum Gasteiger partial charge on any atom is 0.270 e. The second-order valence-corrected chi connectivity index (χ2v) is 5.15. The molecule has 108 valence electrons. The maximum atomic E-state index is 12.4. The van der Waals surface area contributed by atoms with Crippen molar-refractivity contribution in [3.63, 3.8) is 0 Å². The summed E-state index contributed by atoms with van der Waals surface area (Å²) in [5.74, 6) is -0.283. The molecule has 0 fully saturated rings. The fourth-order valence-electron chi connectivity index (χ4n) is 2.36. The zero-order valence-electron chi connectivity index (χ0n) is 11.0. The van der Waals surface area contributed by atoms with Crippen LogP contribution in [0.4, 0.5) is 0 Å². The fourth-order valence-corrected chi connectivity index (χ4v) is 2.53. The van der Waals surface area contributed by atoms with Crippen LogP contribution in [-0.2, 0) is 0 Å². The van der Waals surface area contributed by atoms with Gasteiger partial charge < -0.3 is 10.2 Å². The van der Waals surface area contributed by atoms with Gasteiger partial charge in [-0.3, -0.25) is 4.79 Å². The predicted octanol–water partition coefficient (Wildman–Crippen LogP) is 1.73. The lowest BCUT2D eigenvalue weighted by atomic mass is 10.1. The molecule has 1 N–H and O–H groups in total. The molecule has 0 unspecified atom stereocenters. The van der Waals surface area contributed by atoms with Gasteiger partial charge in [0.05, 0.1) is 17.5 Å². The number of ketones is 1. The molecule has 3 aromatic heterocycles. The van der Waals surface area contributed by atoms with E-state index in [2.05, 4.69) is 15.2 Å². The number of nitrogens with zero attached hydrogens (tertiary/aromatic N) is 4. The summed E-state index contributed by atoms with van der Waals surface area (Å²) in [7, 11) is 0. The van der Waals surface area contributed by atoms with Gasteiger partial charge in [0.2, 0.25) is 11.4 Å². The number of nitrogens with one attached hydrogen (secondary N) is 1. The van der Waals surface area contributed by atoms with Crippen LogP contribution in [0.5, 0.6) is 0 Å². The zero-order valence-corrected chi connectivity index (χ0v) is 11.8. The van der Waals surface area contributed by atoms with Crippen LogP contribution < -0.4 is 4.85 Å². The monoisotopic (exact) mass is 313 g/mol. The number of rotatable bonds is 2. The lowest BCUT2D eigenvalue weighted by Crippen LogP contribution is -2.33. The SMILES string of the molecule is O=C(c1ccc[nH]1)c1cnn2c1n[n+]([O-])c1ccc(Cl)cc12. The summed E-state index contributed by atoms with van der Waals surface area (Å²) >= 11 is 5.98. The number of carbonyl (C=O) groups is 1. The topological polar surface area (TPSA) is 90.0 Å². The van der Waals surface area contributed by atoms with E-state index in [1.807, 2.05) is 0 Å². The molecule has 0 saturated carbocycles. The molecule has 0 radical (unpaired) electrons. The highest BCUT2D eigenvalue weighted by molar-refractivity contribution is 6.31. The summed E-state index contributed by atoms with van der Waals surface area (Å²) < 4.78 is 1.44. The summed E-state index contributed by atoms with van der Waals surface area (Å²) in [6.07, 6.45) is 3.04.